The number of anilines is 1. The first-order chi connectivity index (χ1) is 15.7. The van der Waals surface area contributed by atoms with Crippen LogP contribution in [0.15, 0.2) is 36.5 Å². The van der Waals surface area contributed by atoms with Gasteiger partial charge in [0.25, 0.3) is 5.91 Å². The highest BCUT2D eigenvalue weighted by Crippen LogP contribution is 2.53. The van der Waals surface area contributed by atoms with Crippen LogP contribution in [0.5, 0.6) is 0 Å². The van der Waals surface area contributed by atoms with E-state index in [0.29, 0.717) is 11.3 Å². The van der Waals surface area contributed by atoms with Crippen LogP contribution >= 0.6 is 0 Å². The van der Waals surface area contributed by atoms with Crippen molar-refractivity contribution in [3.63, 3.8) is 0 Å². The zero-order valence-corrected chi connectivity index (χ0v) is 17.8. The fraction of sp³-hybridized carbons (Fsp3) is 0.409. The van der Waals surface area contributed by atoms with Gasteiger partial charge in [0.05, 0.1) is 18.2 Å². The molecule has 33 heavy (non-hydrogen) atoms. The average molecular weight is 459 g/mol. The van der Waals surface area contributed by atoms with E-state index in [4.69, 9.17) is 11.5 Å². The van der Waals surface area contributed by atoms with E-state index >= 15 is 0 Å². The smallest absolute Gasteiger partial charge is 0.383 e. The summed E-state index contributed by atoms with van der Waals surface area (Å²) in [6, 6.07) is 6.81. The van der Waals surface area contributed by atoms with Crippen molar-refractivity contribution in [1.29, 1.82) is 0 Å². The number of alkyl halides is 3. The molecule has 8 nitrogen and oxygen atoms in total. The molecule has 5 N–H and O–H groups in total. The standard InChI is InChI=1S/C22H24F3N7O/c23-22(24,25)14-3-1-2-13(8-14)11-31-7-4-16(29-31)18-17(20(27)33)19(26)32(30-18)15-9-21(10-15)5-6-28-12-21/h1-4,7-8,15,28H,5-6,9-12,26H2,(H2,27,33)/t15-,21-. The van der Waals surface area contributed by atoms with Crippen molar-refractivity contribution in [3.05, 3.63) is 53.2 Å². The SMILES string of the molecule is NC(=O)c1c(-c2ccn(Cc3cccc(C(F)(F)F)c3)n2)nn([C@H]2C[C@@]3(CCNC3)C2)c1N. The zero-order chi connectivity index (χ0) is 23.4. The molecule has 1 saturated carbocycles. The fourth-order valence-corrected chi connectivity index (χ4v) is 5.01. The Labute approximate surface area is 187 Å². The van der Waals surface area contributed by atoms with Gasteiger partial charge < -0.3 is 16.8 Å². The first kappa shape index (κ1) is 21.5. The van der Waals surface area contributed by atoms with Crippen molar-refractivity contribution >= 4 is 11.7 Å². The normalized spacial score (nSPS) is 22.6. The number of primary amides is 1. The van der Waals surface area contributed by atoms with Gasteiger partial charge in [-0.15, -0.1) is 0 Å². The molecule has 0 radical (unpaired) electrons. The lowest BCUT2D eigenvalue weighted by Crippen LogP contribution is -2.40. The molecule has 3 heterocycles. The molecule has 1 spiro atoms. The van der Waals surface area contributed by atoms with Crippen molar-refractivity contribution in [1.82, 2.24) is 24.9 Å². The van der Waals surface area contributed by atoms with Gasteiger partial charge in [-0.2, -0.15) is 23.4 Å². The van der Waals surface area contributed by atoms with Crippen molar-refractivity contribution in [3.8, 4) is 11.4 Å². The molecule has 0 atom stereocenters. The van der Waals surface area contributed by atoms with Gasteiger partial charge in [0.15, 0.2) is 0 Å². The van der Waals surface area contributed by atoms with Crippen LogP contribution in [0.3, 0.4) is 0 Å². The Kier molecular flexibility index (Phi) is 4.96. The number of aromatic nitrogens is 4. The van der Waals surface area contributed by atoms with Gasteiger partial charge in [-0.05, 0) is 55.0 Å². The highest BCUT2D eigenvalue weighted by Gasteiger charge is 2.48. The van der Waals surface area contributed by atoms with Crippen molar-refractivity contribution in [2.45, 2.75) is 38.0 Å². The van der Waals surface area contributed by atoms with Gasteiger partial charge in [0.2, 0.25) is 0 Å². The third kappa shape index (κ3) is 3.86. The fourth-order valence-electron chi connectivity index (χ4n) is 5.01. The van der Waals surface area contributed by atoms with Crippen LogP contribution < -0.4 is 16.8 Å². The molecule has 1 aliphatic heterocycles. The number of nitrogens with one attached hydrogen (secondary N) is 1. The van der Waals surface area contributed by atoms with Crippen molar-refractivity contribution in [2.75, 3.05) is 18.8 Å². The topological polar surface area (TPSA) is 117 Å². The highest BCUT2D eigenvalue weighted by atomic mass is 19.4. The second-order valence-corrected chi connectivity index (χ2v) is 9.00. The molecule has 11 heteroatoms. The number of carbonyl (C=O) groups is 1. The number of amides is 1. The number of nitrogen functional groups attached to an aromatic ring is 1. The summed E-state index contributed by atoms with van der Waals surface area (Å²) in [5.41, 5.74) is 12.7. The van der Waals surface area contributed by atoms with Gasteiger partial charge in [-0.25, -0.2) is 4.68 Å². The summed E-state index contributed by atoms with van der Waals surface area (Å²) in [6.07, 6.45) is 0.167. The van der Waals surface area contributed by atoms with Crippen LogP contribution in [0.25, 0.3) is 11.4 Å². The molecule has 0 unspecified atom stereocenters. The minimum absolute atomic E-state index is 0.0870. The molecule has 3 aromatic rings. The monoisotopic (exact) mass is 459 g/mol. The van der Waals surface area contributed by atoms with Gasteiger partial charge >= 0.3 is 6.18 Å². The van der Waals surface area contributed by atoms with Crippen LogP contribution in [0.4, 0.5) is 19.0 Å². The Balaban J connectivity index is 1.40. The Morgan fingerprint density at radius 1 is 1.24 bits per heavy atom. The molecule has 1 amide bonds. The van der Waals surface area contributed by atoms with Crippen molar-refractivity contribution < 1.29 is 18.0 Å². The van der Waals surface area contributed by atoms with E-state index in [2.05, 4.69) is 15.5 Å². The largest absolute Gasteiger partial charge is 0.416 e. The van der Waals surface area contributed by atoms with E-state index in [-0.39, 0.29) is 35.1 Å². The Hall–Kier alpha value is -3.34. The number of rotatable bonds is 5. The highest BCUT2D eigenvalue weighted by molar-refractivity contribution is 6.02. The van der Waals surface area contributed by atoms with E-state index in [1.807, 2.05) is 0 Å². The third-order valence-corrected chi connectivity index (χ3v) is 6.69. The van der Waals surface area contributed by atoms with E-state index in [1.165, 1.54) is 10.7 Å². The molecule has 2 aromatic heterocycles. The molecule has 2 aliphatic rings. The van der Waals surface area contributed by atoms with E-state index in [9.17, 15) is 18.0 Å². The maximum absolute atomic E-state index is 13.0. The molecular formula is C22H24F3N7O. The molecule has 174 valence electrons. The van der Waals surface area contributed by atoms with Gasteiger partial charge in [-0.1, -0.05) is 12.1 Å². The summed E-state index contributed by atoms with van der Waals surface area (Å²) in [5.74, 6) is -0.478. The van der Waals surface area contributed by atoms with E-state index in [0.717, 1.165) is 44.5 Å². The maximum atomic E-state index is 13.0. The lowest BCUT2D eigenvalue weighted by atomic mass is 9.65. The van der Waals surface area contributed by atoms with E-state index < -0.39 is 17.6 Å². The first-order valence-electron chi connectivity index (χ1n) is 10.7. The number of benzene rings is 1. The number of nitrogens with two attached hydrogens (primary N) is 2. The van der Waals surface area contributed by atoms with Gasteiger partial charge in [0, 0.05) is 12.7 Å². The average Bonchev–Trinajstić information content (AvgIpc) is 3.45. The van der Waals surface area contributed by atoms with Crippen LogP contribution in [0.2, 0.25) is 0 Å². The summed E-state index contributed by atoms with van der Waals surface area (Å²) in [5, 5.41) is 12.4. The Morgan fingerprint density at radius 3 is 2.70 bits per heavy atom. The molecule has 1 saturated heterocycles. The molecule has 1 aliphatic carbocycles. The molecule has 1 aromatic carbocycles. The number of hydrogen-bond donors (Lipinski definition) is 3. The predicted octanol–water partition coefficient (Wildman–Crippen LogP) is 2.81. The Morgan fingerprint density at radius 2 is 2.03 bits per heavy atom. The van der Waals surface area contributed by atoms with Crippen LogP contribution in [0, 0.1) is 5.41 Å². The summed E-state index contributed by atoms with van der Waals surface area (Å²) in [6.45, 7) is 2.10. The summed E-state index contributed by atoms with van der Waals surface area (Å²) < 4.78 is 42.2. The second kappa shape index (κ2) is 7.62. The zero-order valence-electron chi connectivity index (χ0n) is 17.8. The van der Waals surface area contributed by atoms with E-state index in [1.54, 1.807) is 23.0 Å². The summed E-state index contributed by atoms with van der Waals surface area (Å²) in [4.78, 5) is 12.2. The lowest BCUT2D eigenvalue weighted by molar-refractivity contribution is -0.137. The molecule has 5 rings (SSSR count). The number of halogens is 3. The van der Waals surface area contributed by atoms with Crippen LogP contribution in [-0.2, 0) is 12.7 Å². The Bertz CT molecular complexity index is 1200. The molecular weight excluding hydrogens is 435 g/mol. The summed E-state index contributed by atoms with van der Waals surface area (Å²) in [7, 11) is 0. The second-order valence-electron chi connectivity index (χ2n) is 9.00. The van der Waals surface area contributed by atoms with Crippen molar-refractivity contribution in [2.24, 2.45) is 11.1 Å². The number of carbonyl (C=O) groups excluding carboxylic acids is 1. The summed E-state index contributed by atoms with van der Waals surface area (Å²) >= 11 is 0. The van der Waals surface area contributed by atoms with Gasteiger partial charge in [-0.3, -0.25) is 9.48 Å². The molecule has 0 bridgehead atoms. The van der Waals surface area contributed by atoms with Crippen LogP contribution in [0.1, 0.15) is 46.8 Å². The van der Waals surface area contributed by atoms with Crippen LogP contribution in [-0.4, -0.2) is 38.6 Å². The number of nitrogens with zero attached hydrogens (tertiary/aromatic N) is 4. The first-order valence-corrected chi connectivity index (χ1v) is 10.7. The predicted molar refractivity (Wildman–Crippen MR) is 115 cm³/mol. The number of hydrogen-bond acceptors (Lipinski definition) is 5. The quantitative estimate of drug-likeness (QED) is 0.543. The molecule has 2 fully saturated rings. The maximum Gasteiger partial charge on any atom is 0.416 e. The third-order valence-electron chi connectivity index (χ3n) is 6.69. The van der Waals surface area contributed by atoms with Gasteiger partial charge in [0.1, 0.15) is 22.8 Å². The lowest BCUT2D eigenvalue weighted by Gasteiger charge is -2.45. The minimum Gasteiger partial charge on any atom is -0.383 e. The minimum atomic E-state index is -4.42.